The van der Waals surface area contributed by atoms with Crippen molar-refractivity contribution < 1.29 is 14.3 Å². The Balaban J connectivity index is 1.41. The van der Waals surface area contributed by atoms with Crippen molar-refractivity contribution in [2.75, 3.05) is 13.7 Å². The van der Waals surface area contributed by atoms with Crippen molar-refractivity contribution in [3.8, 4) is 34.2 Å². The molecule has 2 heterocycles. The Hall–Kier alpha value is -5.31. The van der Waals surface area contributed by atoms with Crippen LogP contribution in [0, 0.1) is 0 Å². The number of methoxy groups -OCH3 is 1. The lowest BCUT2D eigenvalue weighted by atomic mass is 9.99. The summed E-state index contributed by atoms with van der Waals surface area (Å²) in [6, 6.07) is 32.0. The van der Waals surface area contributed by atoms with Crippen molar-refractivity contribution in [2.45, 2.75) is 13.5 Å². The largest absolute Gasteiger partial charge is 0.465 e. The summed E-state index contributed by atoms with van der Waals surface area (Å²) in [5, 5.41) is 12.6. The zero-order chi connectivity index (χ0) is 27.5. The molecule has 0 bridgehead atoms. The minimum Gasteiger partial charge on any atom is -0.465 e. The minimum absolute atomic E-state index is 0.405. The van der Waals surface area contributed by atoms with Gasteiger partial charge in [0.05, 0.1) is 42.5 Å². The van der Waals surface area contributed by atoms with E-state index in [0.717, 1.165) is 27.9 Å². The molecule has 0 spiro atoms. The zero-order valence-electron chi connectivity index (χ0n) is 22.1. The summed E-state index contributed by atoms with van der Waals surface area (Å²) in [4.78, 5) is 17.2. The Morgan fingerprint density at radius 1 is 0.850 bits per heavy atom. The molecule has 6 rings (SSSR count). The van der Waals surface area contributed by atoms with Gasteiger partial charge in [-0.1, -0.05) is 72.8 Å². The van der Waals surface area contributed by atoms with Crippen LogP contribution in [0.3, 0.4) is 0 Å². The molecule has 40 heavy (non-hydrogen) atoms. The van der Waals surface area contributed by atoms with E-state index in [4.69, 9.17) is 9.47 Å². The number of hydrogen-bond donors (Lipinski definition) is 0. The van der Waals surface area contributed by atoms with Gasteiger partial charge in [-0.2, -0.15) is 4.98 Å². The highest BCUT2D eigenvalue weighted by molar-refractivity contribution is 6.03. The highest BCUT2D eigenvalue weighted by atomic mass is 16.5. The average Bonchev–Trinajstić information content (AvgIpc) is 3.61. The summed E-state index contributed by atoms with van der Waals surface area (Å²) < 4.78 is 14.6. The molecule has 198 valence electrons. The van der Waals surface area contributed by atoms with Crippen molar-refractivity contribution in [1.82, 2.24) is 29.8 Å². The van der Waals surface area contributed by atoms with Crippen molar-refractivity contribution in [1.29, 1.82) is 0 Å². The molecule has 0 aliphatic heterocycles. The monoisotopic (exact) mass is 530 g/mol. The molecule has 0 N–H and O–H groups in total. The van der Waals surface area contributed by atoms with Crippen LogP contribution in [0.2, 0.25) is 0 Å². The number of imidazole rings is 1. The van der Waals surface area contributed by atoms with Crippen molar-refractivity contribution in [2.24, 2.45) is 0 Å². The van der Waals surface area contributed by atoms with E-state index in [9.17, 15) is 4.79 Å². The van der Waals surface area contributed by atoms with Gasteiger partial charge in [-0.3, -0.25) is 4.57 Å². The van der Waals surface area contributed by atoms with Gasteiger partial charge in [-0.25, -0.2) is 9.48 Å². The van der Waals surface area contributed by atoms with Gasteiger partial charge < -0.3 is 9.47 Å². The fourth-order valence-corrected chi connectivity index (χ4v) is 4.83. The Labute approximate surface area is 230 Å². The van der Waals surface area contributed by atoms with E-state index in [1.54, 1.807) is 12.1 Å². The van der Waals surface area contributed by atoms with Crippen LogP contribution in [0.25, 0.3) is 39.2 Å². The standard InChI is InChI=1S/C31H26N6O3/c1-3-40-31-32-27-15-9-14-26(30(38)39-2)28(27)37(31)23-18-16-22(17-19-23)24-12-7-8-13-25(24)29-33-34-35-36(29)20-21-10-5-4-6-11-21/h4-19H,3,20H2,1-2H3. The lowest BCUT2D eigenvalue weighted by Gasteiger charge is -2.13. The van der Waals surface area contributed by atoms with Gasteiger partial charge in [0.25, 0.3) is 0 Å². The van der Waals surface area contributed by atoms with Crippen LogP contribution in [0.4, 0.5) is 0 Å². The molecule has 9 heteroatoms. The summed E-state index contributed by atoms with van der Waals surface area (Å²) in [5.41, 5.74) is 6.51. The maximum Gasteiger partial charge on any atom is 0.340 e. The molecule has 4 aromatic carbocycles. The molecule has 0 radical (unpaired) electrons. The number of nitrogens with zero attached hydrogens (tertiary/aromatic N) is 6. The van der Waals surface area contributed by atoms with Crippen molar-refractivity contribution >= 4 is 17.0 Å². The van der Waals surface area contributed by atoms with Gasteiger partial charge in [0.15, 0.2) is 5.82 Å². The van der Waals surface area contributed by atoms with Crippen LogP contribution in [0.1, 0.15) is 22.8 Å². The quantitative estimate of drug-likeness (QED) is 0.237. The second-order valence-corrected chi connectivity index (χ2v) is 9.07. The number of aromatic nitrogens is 6. The third-order valence-electron chi connectivity index (χ3n) is 6.64. The number of tetrazole rings is 1. The first-order chi connectivity index (χ1) is 19.7. The van der Waals surface area contributed by atoms with Gasteiger partial charge in [-0.15, -0.1) is 5.10 Å². The van der Waals surface area contributed by atoms with E-state index in [2.05, 4.69) is 38.7 Å². The van der Waals surface area contributed by atoms with Gasteiger partial charge in [-0.05, 0) is 58.3 Å². The van der Waals surface area contributed by atoms with Crippen LogP contribution in [-0.2, 0) is 11.3 Å². The highest BCUT2D eigenvalue weighted by Gasteiger charge is 2.21. The number of benzene rings is 4. The van der Waals surface area contributed by atoms with E-state index in [1.807, 2.05) is 82.9 Å². The fourth-order valence-electron chi connectivity index (χ4n) is 4.83. The van der Waals surface area contributed by atoms with Crippen molar-refractivity contribution in [3.05, 3.63) is 108 Å². The average molecular weight is 531 g/mol. The van der Waals surface area contributed by atoms with Crippen molar-refractivity contribution in [3.63, 3.8) is 0 Å². The van der Waals surface area contributed by atoms with E-state index in [-0.39, 0.29) is 0 Å². The van der Waals surface area contributed by atoms with E-state index in [0.29, 0.717) is 41.6 Å². The summed E-state index contributed by atoms with van der Waals surface area (Å²) in [6.07, 6.45) is 0. The summed E-state index contributed by atoms with van der Waals surface area (Å²) >= 11 is 0. The SMILES string of the molecule is CCOc1nc2cccc(C(=O)OC)c2n1-c1ccc(-c2ccccc2-c2nnnn2Cc2ccccc2)cc1. The summed E-state index contributed by atoms with van der Waals surface area (Å²) in [6.45, 7) is 2.89. The van der Waals surface area contributed by atoms with Gasteiger partial charge in [0, 0.05) is 5.56 Å². The molecular weight excluding hydrogens is 504 g/mol. The number of esters is 1. The summed E-state index contributed by atoms with van der Waals surface area (Å²) in [5.74, 6) is 0.249. The number of carbonyl (C=O) groups excluding carboxylic acids is 1. The smallest absolute Gasteiger partial charge is 0.340 e. The molecule has 9 nitrogen and oxygen atoms in total. The Bertz CT molecular complexity index is 1790. The molecular formula is C31H26N6O3. The zero-order valence-corrected chi connectivity index (χ0v) is 22.1. The lowest BCUT2D eigenvalue weighted by Crippen LogP contribution is -2.07. The first-order valence-corrected chi connectivity index (χ1v) is 12.9. The molecule has 6 aromatic rings. The maximum absolute atomic E-state index is 12.6. The van der Waals surface area contributed by atoms with Crippen LogP contribution in [0.5, 0.6) is 6.01 Å². The van der Waals surface area contributed by atoms with Crippen LogP contribution in [-0.4, -0.2) is 49.4 Å². The molecule has 0 unspecified atom stereocenters. The number of fused-ring (bicyclic) bond motifs is 1. The molecule has 2 aromatic heterocycles. The third-order valence-corrected chi connectivity index (χ3v) is 6.64. The number of rotatable bonds is 8. The predicted molar refractivity (Wildman–Crippen MR) is 151 cm³/mol. The van der Waals surface area contributed by atoms with E-state index >= 15 is 0 Å². The number of carbonyl (C=O) groups is 1. The molecule has 0 aliphatic rings. The van der Waals surface area contributed by atoms with Crippen LogP contribution in [0.15, 0.2) is 97.1 Å². The maximum atomic E-state index is 12.6. The lowest BCUT2D eigenvalue weighted by molar-refractivity contribution is 0.0602. The predicted octanol–water partition coefficient (Wildman–Crippen LogP) is 5.58. The Kier molecular flexibility index (Phi) is 6.76. The number of para-hydroxylation sites is 1. The van der Waals surface area contributed by atoms with Gasteiger partial charge in [0.2, 0.25) is 0 Å². The highest BCUT2D eigenvalue weighted by Crippen LogP contribution is 2.34. The molecule has 0 aliphatic carbocycles. The summed E-state index contributed by atoms with van der Waals surface area (Å²) in [7, 11) is 1.37. The second-order valence-electron chi connectivity index (χ2n) is 9.07. The minimum atomic E-state index is -0.437. The fraction of sp³-hybridized carbons (Fsp3) is 0.129. The molecule has 0 amide bonds. The van der Waals surface area contributed by atoms with Crippen LogP contribution >= 0.6 is 0 Å². The molecule has 0 saturated heterocycles. The first-order valence-electron chi connectivity index (χ1n) is 12.9. The molecule has 0 fully saturated rings. The topological polar surface area (TPSA) is 97.0 Å². The van der Waals surface area contributed by atoms with Gasteiger partial charge >= 0.3 is 12.0 Å². The Morgan fingerprint density at radius 3 is 2.35 bits per heavy atom. The molecule has 0 atom stereocenters. The Morgan fingerprint density at radius 2 is 1.60 bits per heavy atom. The normalized spacial score (nSPS) is 11.1. The number of hydrogen-bond acceptors (Lipinski definition) is 7. The first kappa shape index (κ1) is 25.0. The van der Waals surface area contributed by atoms with E-state index < -0.39 is 5.97 Å². The number of ether oxygens (including phenoxy) is 2. The molecule has 0 saturated carbocycles. The van der Waals surface area contributed by atoms with Gasteiger partial charge in [0.1, 0.15) is 0 Å². The van der Waals surface area contributed by atoms with E-state index in [1.165, 1.54) is 7.11 Å². The second kappa shape index (κ2) is 10.8. The van der Waals surface area contributed by atoms with Crippen LogP contribution < -0.4 is 4.74 Å². The third kappa shape index (κ3) is 4.58.